The van der Waals surface area contributed by atoms with Crippen molar-refractivity contribution in [3.63, 3.8) is 0 Å². The van der Waals surface area contributed by atoms with E-state index in [-0.39, 0.29) is 37.2 Å². The highest BCUT2D eigenvalue weighted by Gasteiger charge is 2.37. The molecule has 1 saturated heterocycles. The molecule has 4 aromatic rings. The predicted molar refractivity (Wildman–Crippen MR) is 256 cm³/mol. The van der Waals surface area contributed by atoms with Gasteiger partial charge in [0.1, 0.15) is 18.1 Å². The molecule has 2 aromatic heterocycles. The van der Waals surface area contributed by atoms with Crippen molar-refractivity contribution >= 4 is 40.6 Å². The summed E-state index contributed by atoms with van der Waals surface area (Å²) in [5.74, 6) is -1.74. The number of ether oxygens (including phenoxy) is 3. The van der Waals surface area contributed by atoms with Crippen molar-refractivity contribution in [2.75, 3.05) is 54.1 Å². The Labute approximate surface area is 389 Å². The molecule has 354 valence electrons. The van der Waals surface area contributed by atoms with Gasteiger partial charge in [-0.25, -0.2) is 15.4 Å². The summed E-state index contributed by atoms with van der Waals surface area (Å²) in [5.41, 5.74) is 10.7. The van der Waals surface area contributed by atoms with Gasteiger partial charge < -0.3 is 29.0 Å². The van der Waals surface area contributed by atoms with E-state index in [0.717, 1.165) is 56.4 Å². The number of carbonyl (C=O) groups excluding carboxylic acids is 4. The zero-order chi connectivity index (χ0) is 47.4. The van der Waals surface area contributed by atoms with Crippen molar-refractivity contribution in [1.82, 2.24) is 30.2 Å². The molecule has 66 heavy (non-hydrogen) atoms. The van der Waals surface area contributed by atoms with Crippen LogP contribution in [0.1, 0.15) is 83.4 Å². The summed E-state index contributed by atoms with van der Waals surface area (Å²) in [5, 5.41) is 5.60. The van der Waals surface area contributed by atoms with Crippen molar-refractivity contribution in [2.45, 2.75) is 111 Å². The summed E-state index contributed by atoms with van der Waals surface area (Å²) in [6, 6.07) is 16.6. The van der Waals surface area contributed by atoms with Crippen molar-refractivity contribution in [1.29, 1.82) is 0 Å². The molecule has 6 bridgehead atoms. The van der Waals surface area contributed by atoms with Crippen LogP contribution >= 0.6 is 0 Å². The van der Waals surface area contributed by atoms with Crippen molar-refractivity contribution in [2.24, 2.45) is 21.3 Å². The van der Waals surface area contributed by atoms with Gasteiger partial charge in [-0.2, -0.15) is 0 Å². The standard InChI is InChI=1S/C51H68N8O7/c1-9-58-44-19-18-37-28-39(44)40(47(58)41-30-52-23-20-38(41)31-65-8)29-51(4,5)32-66-50(63)42-16-12-24-59(56-42)49(62)43(27-35-14-10-15-36(37)26-35)55-48(61)46(34(2)3)57(6)45(60)17-11-21-53-33-54-22-13-25-64-7/h10,14-15,18-20,23,26,28,30,34,42-43,46,56H,9,11-13,16-17,21-22,24-25,27,29,31-32H2,1-8H3,(H,55,61)/t42-,43-,46?/m0/s1. The number of hydrogen-bond donors (Lipinski definition) is 2. The number of esters is 1. The van der Waals surface area contributed by atoms with E-state index in [1.807, 2.05) is 38.2 Å². The van der Waals surface area contributed by atoms with Gasteiger partial charge in [-0.1, -0.05) is 58.0 Å². The van der Waals surface area contributed by atoms with E-state index in [2.05, 4.69) is 87.4 Å². The first kappa shape index (κ1) is 49.7. The van der Waals surface area contributed by atoms with Gasteiger partial charge in [-0.15, -0.1) is 0 Å². The summed E-state index contributed by atoms with van der Waals surface area (Å²) in [7, 11) is 4.96. The summed E-state index contributed by atoms with van der Waals surface area (Å²) >= 11 is 0. The van der Waals surface area contributed by atoms with E-state index >= 15 is 0 Å². The summed E-state index contributed by atoms with van der Waals surface area (Å²) in [6.45, 7) is 13.3. The Morgan fingerprint density at radius 2 is 1.83 bits per heavy atom. The van der Waals surface area contributed by atoms with Gasteiger partial charge in [-0.3, -0.25) is 29.2 Å². The number of aromatic nitrogens is 2. The van der Waals surface area contributed by atoms with Crippen LogP contribution in [-0.2, 0) is 59.4 Å². The molecular formula is C51H68N8O7. The Kier molecular flexibility index (Phi) is 17.4. The zero-order valence-corrected chi connectivity index (χ0v) is 40.0. The van der Waals surface area contributed by atoms with Crippen LogP contribution in [0.15, 0.2) is 70.9 Å². The molecule has 4 heterocycles. The lowest BCUT2D eigenvalue weighted by Crippen LogP contribution is -2.62. The number of benzene rings is 2. The number of methoxy groups -OCH3 is 2. The fraction of sp³-hybridized carbons (Fsp3) is 0.529. The molecule has 2 aliphatic rings. The van der Waals surface area contributed by atoms with Crippen molar-refractivity contribution < 1.29 is 33.4 Å². The van der Waals surface area contributed by atoms with Crippen LogP contribution in [0.4, 0.5) is 0 Å². The molecule has 3 atom stereocenters. The Morgan fingerprint density at radius 3 is 2.58 bits per heavy atom. The summed E-state index contributed by atoms with van der Waals surface area (Å²) in [6.07, 6.45) is 6.93. The first-order chi connectivity index (χ1) is 31.8. The number of hydrazine groups is 1. The number of amides is 3. The molecule has 15 nitrogen and oxygen atoms in total. The maximum atomic E-state index is 14.6. The molecule has 15 heteroatoms. The van der Waals surface area contributed by atoms with Gasteiger partial charge in [0, 0.05) is 88.1 Å². The van der Waals surface area contributed by atoms with E-state index in [0.29, 0.717) is 65.1 Å². The van der Waals surface area contributed by atoms with Gasteiger partial charge in [0.05, 0.1) is 38.0 Å². The Hall–Kier alpha value is -5.73. The van der Waals surface area contributed by atoms with E-state index in [1.54, 1.807) is 27.5 Å². The number of fused-ring (bicyclic) bond motifs is 6. The van der Waals surface area contributed by atoms with E-state index < -0.39 is 35.4 Å². The zero-order valence-electron chi connectivity index (χ0n) is 40.0. The highest BCUT2D eigenvalue weighted by molar-refractivity contribution is 5.96. The van der Waals surface area contributed by atoms with Crippen LogP contribution in [0, 0.1) is 11.3 Å². The average Bonchev–Trinajstić information content (AvgIpc) is 3.60. The predicted octanol–water partition coefficient (Wildman–Crippen LogP) is 6.66. The number of nitrogens with zero attached hydrogens (tertiary/aromatic N) is 6. The molecule has 1 fully saturated rings. The molecule has 0 radical (unpaired) electrons. The van der Waals surface area contributed by atoms with Gasteiger partial charge in [0.25, 0.3) is 5.91 Å². The molecular weight excluding hydrogens is 837 g/mol. The molecule has 0 spiro atoms. The maximum Gasteiger partial charge on any atom is 0.324 e. The number of likely N-dealkylation sites (N-methyl/N-ethyl adjacent to an activating group) is 1. The van der Waals surface area contributed by atoms with E-state index in [1.165, 1.54) is 9.91 Å². The van der Waals surface area contributed by atoms with E-state index in [9.17, 15) is 19.2 Å². The smallest absolute Gasteiger partial charge is 0.324 e. The van der Waals surface area contributed by atoms with Gasteiger partial charge in [0.2, 0.25) is 11.8 Å². The highest BCUT2D eigenvalue weighted by Crippen LogP contribution is 2.41. The van der Waals surface area contributed by atoms with E-state index in [4.69, 9.17) is 14.2 Å². The van der Waals surface area contributed by atoms with Crippen LogP contribution in [0.3, 0.4) is 0 Å². The van der Waals surface area contributed by atoms with Gasteiger partial charge >= 0.3 is 5.97 Å². The molecule has 0 aliphatic carbocycles. The lowest BCUT2D eigenvalue weighted by atomic mass is 9.84. The molecule has 2 aromatic carbocycles. The Balaban J connectivity index is 1.35. The fourth-order valence-electron chi connectivity index (χ4n) is 9.11. The minimum Gasteiger partial charge on any atom is -0.464 e. The van der Waals surface area contributed by atoms with Crippen molar-refractivity contribution in [3.8, 4) is 22.4 Å². The van der Waals surface area contributed by atoms with Crippen LogP contribution in [0.5, 0.6) is 0 Å². The van der Waals surface area contributed by atoms with Crippen LogP contribution in [-0.4, -0.2) is 121 Å². The van der Waals surface area contributed by atoms with Gasteiger partial charge in [0.15, 0.2) is 0 Å². The third-order valence-electron chi connectivity index (χ3n) is 12.4. The quantitative estimate of drug-likeness (QED) is 0.0710. The molecule has 6 rings (SSSR count). The third kappa shape index (κ3) is 12.2. The number of pyridine rings is 1. The monoisotopic (exact) mass is 905 g/mol. The summed E-state index contributed by atoms with van der Waals surface area (Å²) in [4.78, 5) is 70.7. The first-order valence-electron chi connectivity index (χ1n) is 23.3. The lowest BCUT2D eigenvalue weighted by Gasteiger charge is -2.36. The highest BCUT2D eigenvalue weighted by atomic mass is 16.5. The van der Waals surface area contributed by atoms with Crippen molar-refractivity contribution in [3.05, 3.63) is 77.6 Å². The molecule has 1 unspecified atom stereocenters. The number of aliphatic imine (C=N–C) groups is 2. The molecule has 2 aliphatic heterocycles. The topological polar surface area (TPSA) is 169 Å². The number of nitrogens with one attached hydrogen (secondary N) is 2. The largest absolute Gasteiger partial charge is 0.464 e. The third-order valence-corrected chi connectivity index (χ3v) is 12.4. The first-order valence-corrected chi connectivity index (χ1v) is 23.3. The number of hydrogen-bond acceptors (Lipinski definition) is 11. The number of aryl methyl sites for hydroxylation is 1. The average molecular weight is 905 g/mol. The number of cyclic esters (lactones) is 1. The van der Waals surface area contributed by atoms with Crippen LogP contribution in [0.25, 0.3) is 33.3 Å². The number of carbonyl (C=O) groups is 4. The number of rotatable bonds is 16. The molecule has 3 amide bonds. The normalized spacial score (nSPS) is 18.0. The minimum absolute atomic E-state index is 0.147. The van der Waals surface area contributed by atoms with Gasteiger partial charge in [-0.05, 0) is 91.0 Å². The maximum absolute atomic E-state index is 14.6. The molecule has 0 saturated carbocycles. The lowest BCUT2D eigenvalue weighted by molar-refractivity contribution is -0.155. The van der Waals surface area contributed by atoms with Crippen LogP contribution < -0.4 is 10.7 Å². The Morgan fingerprint density at radius 1 is 1.06 bits per heavy atom. The second-order valence-electron chi connectivity index (χ2n) is 18.5. The molecule has 2 N–H and O–H groups in total. The second-order valence-corrected chi connectivity index (χ2v) is 18.5. The minimum atomic E-state index is -1.02. The Bertz CT molecular complexity index is 2400. The fourth-order valence-corrected chi connectivity index (χ4v) is 9.11. The van der Waals surface area contributed by atoms with Crippen LogP contribution in [0.2, 0.25) is 0 Å². The summed E-state index contributed by atoms with van der Waals surface area (Å²) < 4.78 is 19.1. The second kappa shape index (κ2) is 23.1. The SMILES string of the molecule is CCn1c(-c2cnccc2COC)c2c3cc(ccc31)-c1cccc(c1)C[C@H](NC(=O)C(C(C)C)N(C)C(=O)CCCN=C=NCCCOC)C(=O)N1CCC[C@H](N1)C(=O)OCC(C)(C)C2.